The van der Waals surface area contributed by atoms with Gasteiger partial charge < -0.3 is 10.2 Å². The first kappa shape index (κ1) is 23.2. The second kappa shape index (κ2) is 6.50. The van der Waals surface area contributed by atoms with Crippen molar-refractivity contribution < 1.29 is 67.7 Å². The molecule has 0 aliphatic carbocycles. The van der Waals surface area contributed by atoms with Crippen molar-refractivity contribution in [3.8, 4) is 0 Å². The van der Waals surface area contributed by atoms with Crippen LogP contribution in [0.3, 0.4) is 0 Å². The maximum atomic E-state index is 13.4. The largest absolute Gasteiger partial charge is 0.480 e. The summed E-state index contributed by atoms with van der Waals surface area (Å²) in [7, 11) is -7.28. The summed E-state index contributed by atoms with van der Waals surface area (Å²) in [5.41, 5.74) is 0. The number of sulfonamides is 1. The van der Waals surface area contributed by atoms with Crippen LogP contribution >= 0.6 is 0 Å². The zero-order valence-corrected chi connectivity index (χ0v) is 12.0. The molecule has 0 fully saturated rings. The minimum absolute atomic E-state index is 1.39. The van der Waals surface area contributed by atoms with Crippen molar-refractivity contribution in [3.63, 3.8) is 0 Å². The molecule has 17 heteroatoms. The molecule has 7 nitrogen and oxygen atoms in total. The van der Waals surface area contributed by atoms with Gasteiger partial charge in [0.2, 0.25) is 0 Å². The summed E-state index contributed by atoms with van der Waals surface area (Å²) in [4.78, 5) is 20.6. The number of aliphatic carboxylic acids is 2. The standard InChI is InChI=1S/C8H6F9NO6S/c9-5(10,7(13,14)15)6(11,12)8(16,17)25(23,24)18(1-3(19)20)2-4(21)22/h1-2H2,(H,19,20)(H,21,22). The Labute approximate surface area is 131 Å². The molecule has 0 saturated carbocycles. The first-order chi connectivity index (χ1) is 10.7. The van der Waals surface area contributed by atoms with Crippen LogP contribution in [0.15, 0.2) is 0 Å². The van der Waals surface area contributed by atoms with Gasteiger partial charge in [0, 0.05) is 0 Å². The molecule has 2 N–H and O–H groups in total. The van der Waals surface area contributed by atoms with Gasteiger partial charge in [0.05, 0.1) is 0 Å². The maximum absolute atomic E-state index is 13.4. The van der Waals surface area contributed by atoms with E-state index in [2.05, 4.69) is 0 Å². The third-order valence-electron chi connectivity index (χ3n) is 2.40. The Hall–Kier alpha value is -1.78. The van der Waals surface area contributed by atoms with Crippen LogP contribution in [-0.2, 0) is 19.6 Å². The Kier molecular flexibility index (Phi) is 6.04. The fourth-order valence-electron chi connectivity index (χ4n) is 1.21. The minimum Gasteiger partial charge on any atom is -0.480 e. The van der Waals surface area contributed by atoms with Crippen LogP contribution in [0.25, 0.3) is 0 Å². The van der Waals surface area contributed by atoms with E-state index in [0.29, 0.717) is 0 Å². The van der Waals surface area contributed by atoms with E-state index >= 15 is 0 Å². The number of hydrogen-bond acceptors (Lipinski definition) is 4. The van der Waals surface area contributed by atoms with Gasteiger partial charge in [0.15, 0.2) is 0 Å². The molecular weight excluding hydrogens is 409 g/mol. The molecule has 0 aliphatic heterocycles. The number of carboxylic acids is 2. The fraction of sp³-hybridized carbons (Fsp3) is 0.750. The first-order valence-corrected chi connectivity index (χ1v) is 6.81. The van der Waals surface area contributed by atoms with Gasteiger partial charge in [-0.15, -0.1) is 0 Å². The molecule has 0 saturated heterocycles. The predicted molar refractivity (Wildman–Crippen MR) is 56.7 cm³/mol. The summed E-state index contributed by atoms with van der Waals surface area (Å²) in [6, 6.07) is 0. The highest BCUT2D eigenvalue weighted by molar-refractivity contribution is 7.90. The first-order valence-electron chi connectivity index (χ1n) is 5.37. The Bertz CT molecular complexity index is 627. The highest BCUT2D eigenvalue weighted by Crippen LogP contribution is 2.55. The van der Waals surface area contributed by atoms with E-state index in [4.69, 9.17) is 10.2 Å². The molecule has 0 atom stereocenters. The van der Waals surface area contributed by atoms with Crippen LogP contribution in [0.1, 0.15) is 0 Å². The zero-order valence-electron chi connectivity index (χ0n) is 11.2. The molecular formula is C8H6F9NO6S. The Morgan fingerprint density at radius 2 is 1.08 bits per heavy atom. The van der Waals surface area contributed by atoms with E-state index < -0.39 is 62.6 Å². The summed E-state index contributed by atoms with van der Waals surface area (Å²) in [5, 5.41) is 9.31. The molecule has 0 aliphatic rings. The molecule has 0 unspecified atom stereocenters. The lowest BCUT2D eigenvalue weighted by Crippen LogP contribution is -2.65. The highest BCUT2D eigenvalue weighted by atomic mass is 32.2. The lowest BCUT2D eigenvalue weighted by molar-refractivity contribution is -0.382. The normalized spacial score (nSPS) is 14.6. The summed E-state index contributed by atoms with van der Waals surface area (Å²) in [5.74, 6) is -19.9. The number of halogens is 9. The number of nitrogens with zero attached hydrogens (tertiary/aromatic N) is 1. The molecule has 0 aromatic rings. The van der Waals surface area contributed by atoms with Crippen molar-refractivity contribution in [1.82, 2.24) is 4.31 Å². The molecule has 0 bridgehead atoms. The smallest absolute Gasteiger partial charge is 0.460 e. The third-order valence-corrected chi connectivity index (χ3v) is 4.25. The van der Waals surface area contributed by atoms with E-state index in [9.17, 15) is 57.5 Å². The molecule has 148 valence electrons. The molecule has 0 amide bonds. The van der Waals surface area contributed by atoms with E-state index in [1.54, 1.807) is 0 Å². The van der Waals surface area contributed by atoms with Crippen molar-refractivity contribution in [3.05, 3.63) is 0 Å². The lowest BCUT2D eigenvalue weighted by Gasteiger charge is -2.34. The van der Waals surface area contributed by atoms with Gasteiger partial charge in [0.25, 0.3) is 10.0 Å². The Morgan fingerprint density at radius 1 is 0.760 bits per heavy atom. The van der Waals surface area contributed by atoms with Gasteiger partial charge in [-0.05, 0) is 0 Å². The predicted octanol–water partition coefficient (Wildman–Crippen LogP) is 1.21. The van der Waals surface area contributed by atoms with Crippen molar-refractivity contribution in [1.29, 1.82) is 0 Å². The SMILES string of the molecule is O=C(O)CN(CC(=O)O)S(=O)(=O)C(F)(F)C(F)(F)C(F)(F)C(F)(F)F. The quantitative estimate of drug-likeness (QED) is 0.577. The van der Waals surface area contributed by atoms with E-state index in [0.717, 1.165) is 0 Å². The molecule has 0 rings (SSSR count). The van der Waals surface area contributed by atoms with Gasteiger partial charge in [-0.25, -0.2) is 8.42 Å². The number of carboxylic acid groups (broad SMARTS) is 2. The average molecular weight is 415 g/mol. The Morgan fingerprint density at radius 3 is 1.32 bits per heavy atom. The van der Waals surface area contributed by atoms with Gasteiger partial charge >= 0.3 is 35.2 Å². The van der Waals surface area contributed by atoms with E-state index in [1.807, 2.05) is 0 Å². The van der Waals surface area contributed by atoms with Crippen LogP contribution in [-0.4, -0.2) is 71.2 Å². The van der Waals surface area contributed by atoms with Crippen LogP contribution < -0.4 is 0 Å². The molecule has 0 aromatic carbocycles. The van der Waals surface area contributed by atoms with Crippen LogP contribution in [0.2, 0.25) is 0 Å². The maximum Gasteiger partial charge on any atom is 0.460 e. The van der Waals surface area contributed by atoms with E-state index in [1.165, 1.54) is 0 Å². The van der Waals surface area contributed by atoms with Crippen LogP contribution in [0.4, 0.5) is 39.5 Å². The fourth-order valence-corrected chi connectivity index (χ4v) is 2.55. The van der Waals surface area contributed by atoms with Gasteiger partial charge in [-0.1, -0.05) is 0 Å². The van der Waals surface area contributed by atoms with Crippen LogP contribution in [0, 0.1) is 0 Å². The molecule has 0 aromatic heterocycles. The lowest BCUT2D eigenvalue weighted by atomic mass is 10.1. The van der Waals surface area contributed by atoms with Crippen molar-refractivity contribution >= 4 is 22.0 Å². The number of rotatable bonds is 8. The average Bonchev–Trinajstić information content (AvgIpc) is 2.34. The minimum atomic E-state index is -7.59. The second-order valence-corrected chi connectivity index (χ2v) is 6.20. The topological polar surface area (TPSA) is 112 Å². The monoisotopic (exact) mass is 415 g/mol. The molecule has 0 heterocycles. The van der Waals surface area contributed by atoms with Crippen molar-refractivity contribution in [2.24, 2.45) is 0 Å². The van der Waals surface area contributed by atoms with Gasteiger partial charge in [-0.2, -0.15) is 43.8 Å². The number of hydrogen-bond donors (Lipinski definition) is 2. The summed E-state index contributed by atoms with van der Waals surface area (Å²) in [6.45, 7) is -4.45. The summed E-state index contributed by atoms with van der Waals surface area (Å²) >= 11 is 0. The van der Waals surface area contributed by atoms with Crippen molar-refractivity contribution in [2.75, 3.05) is 13.1 Å². The Balaban J connectivity index is 6.33. The highest BCUT2D eigenvalue weighted by Gasteiger charge is 2.85. The van der Waals surface area contributed by atoms with Crippen LogP contribution in [0.5, 0.6) is 0 Å². The zero-order chi connectivity index (χ0) is 20.6. The number of alkyl halides is 9. The third kappa shape index (κ3) is 3.91. The van der Waals surface area contributed by atoms with Gasteiger partial charge in [0.1, 0.15) is 13.1 Å². The molecule has 0 radical (unpaired) electrons. The second-order valence-electron chi connectivity index (χ2n) is 4.22. The molecule has 0 spiro atoms. The summed E-state index contributed by atoms with van der Waals surface area (Å²) < 4.78 is 135. The van der Waals surface area contributed by atoms with Crippen molar-refractivity contribution in [2.45, 2.75) is 23.3 Å². The number of carbonyl (C=O) groups is 2. The molecule has 25 heavy (non-hydrogen) atoms. The van der Waals surface area contributed by atoms with Gasteiger partial charge in [-0.3, -0.25) is 9.59 Å². The summed E-state index contributed by atoms with van der Waals surface area (Å²) in [6.07, 6.45) is -7.31. The van der Waals surface area contributed by atoms with E-state index in [-0.39, 0.29) is 0 Å².